The number of nitrogens with zero attached hydrogens (tertiary/aromatic N) is 1. The predicted molar refractivity (Wildman–Crippen MR) is 89.0 cm³/mol. The molecule has 2 bridgehead atoms. The average Bonchev–Trinajstić information content (AvgIpc) is 3.06. The van der Waals surface area contributed by atoms with Gasteiger partial charge in [0.05, 0.1) is 4.99 Å². The van der Waals surface area contributed by atoms with Gasteiger partial charge in [-0.1, -0.05) is 36.8 Å². The first-order valence-electron chi connectivity index (χ1n) is 7.80. The maximum absolute atomic E-state index is 5.69. The highest BCUT2D eigenvalue weighted by Gasteiger charge is 2.39. The van der Waals surface area contributed by atoms with Gasteiger partial charge in [0.1, 0.15) is 0 Å². The first kappa shape index (κ1) is 13.9. The number of hydrogen-bond donors (Lipinski definition) is 1. The molecule has 0 radical (unpaired) electrons. The van der Waals surface area contributed by atoms with E-state index in [2.05, 4.69) is 35.2 Å². The quantitative estimate of drug-likeness (QED) is 0.811. The number of rotatable bonds is 6. The second kappa shape index (κ2) is 6.13. The molecule has 2 aliphatic rings. The van der Waals surface area contributed by atoms with Crippen LogP contribution in [0.5, 0.6) is 0 Å². The van der Waals surface area contributed by atoms with Crippen LogP contribution in [-0.2, 0) is 0 Å². The minimum absolute atomic E-state index is 0.624. The Balaban J connectivity index is 1.67. The number of para-hydroxylation sites is 1. The van der Waals surface area contributed by atoms with Crippen molar-refractivity contribution in [1.82, 2.24) is 0 Å². The van der Waals surface area contributed by atoms with Crippen molar-refractivity contribution in [3.05, 3.63) is 30.3 Å². The van der Waals surface area contributed by atoms with Gasteiger partial charge in [-0.25, -0.2) is 0 Å². The van der Waals surface area contributed by atoms with Gasteiger partial charge in [0.25, 0.3) is 0 Å². The van der Waals surface area contributed by atoms with Gasteiger partial charge >= 0.3 is 0 Å². The Morgan fingerprint density at radius 3 is 2.60 bits per heavy atom. The van der Waals surface area contributed by atoms with Gasteiger partial charge in [0, 0.05) is 25.2 Å². The van der Waals surface area contributed by atoms with E-state index >= 15 is 0 Å². The first-order chi connectivity index (χ1) is 9.72. The van der Waals surface area contributed by atoms with E-state index in [1.165, 1.54) is 37.9 Å². The van der Waals surface area contributed by atoms with Crippen LogP contribution in [0.15, 0.2) is 30.3 Å². The van der Waals surface area contributed by atoms with E-state index in [0.717, 1.165) is 30.7 Å². The Kier molecular flexibility index (Phi) is 4.25. The third-order valence-electron chi connectivity index (χ3n) is 5.09. The molecule has 1 aromatic rings. The molecule has 20 heavy (non-hydrogen) atoms. The molecule has 0 amide bonds. The normalized spacial score (nSPS) is 27.7. The number of thiocarbonyl (C=S) groups is 1. The van der Waals surface area contributed by atoms with E-state index in [4.69, 9.17) is 18.0 Å². The Morgan fingerprint density at radius 1 is 1.20 bits per heavy atom. The lowest BCUT2D eigenvalue weighted by Crippen LogP contribution is -2.34. The molecule has 0 aliphatic heterocycles. The lowest BCUT2D eigenvalue weighted by Gasteiger charge is -2.31. The van der Waals surface area contributed by atoms with Crippen molar-refractivity contribution >= 4 is 22.9 Å². The zero-order valence-electron chi connectivity index (χ0n) is 12.0. The fourth-order valence-corrected chi connectivity index (χ4v) is 4.18. The number of fused-ring (bicyclic) bond motifs is 2. The van der Waals surface area contributed by atoms with Gasteiger partial charge in [-0.2, -0.15) is 0 Å². The summed E-state index contributed by atoms with van der Waals surface area (Å²) in [6, 6.07) is 10.7. The van der Waals surface area contributed by atoms with E-state index in [1.54, 1.807) is 0 Å². The van der Waals surface area contributed by atoms with E-state index in [0.29, 0.717) is 4.99 Å². The van der Waals surface area contributed by atoms with Crippen LogP contribution in [0.2, 0.25) is 0 Å². The van der Waals surface area contributed by atoms with E-state index in [-0.39, 0.29) is 0 Å². The van der Waals surface area contributed by atoms with Gasteiger partial charge < -0.3 is 10.6 Å². The summed E-state index contributed by atoms with van der Waals surface area (Å²) in [5, 5.41) is 0. The molecule has 108 valence electrons. The van der Waals surface area contributed by atoms with Gasteiger partial charge in [0.15, 0.2) is 0 Å². The number of hydrogen-bond acceptors (Lipinski definition) is 2. The molecule has 2 fully saturated rings. The standard InChI is InChI=1S/C17H24N2S/c18-17(20)8-9-19(16-4-2-1-3-5-16)12-15-11-13-6-7-14(15)10-13/h1-5,13-15H,6-12H2,(H2,18,20). The van der Waals surface area contributed by atoms with Crippen molar-refractivity contribution in [2.75, 3.05) is 18.0 Å². The fraction of sp³-hybridized carbons (Fsp3) is 0.588. The van der Waals surface area contributed by atoms with E-state index in [9.17, 15) is 0 Å². The second-order valence-electron chi connectivity index (χ2n) is 6.43. The highest BCUT2D eigenvalue weighted by molar-refractivity contribution is 7.80. The highest BCUT2D eigenvalue weighted by Crippen LogP contribution is 2.48. The van der Waals surface area contributed by atoms with Crippen LogP contribution in [0.25, 0.3) is 0 Å². The topological polar surface area (TPSA) is 29.3 Å². The molecule has 0 saturated heterocycles. The van der Waals surface area contributed by atoms with Crippen molar-refractivity contribution in [3.63, 3.8) is 0 Å². The molecule has 2 nitrogen and oxygen atoms in total. The van der Waals surface area contributed by atoms with E-state index < -0.39 is 0 Å². The minimum atomic E-state index is 0.624. The molecule has 3 rings (SSSR count). The Morgan fingerprint density at radius 2 is 2.00 bits per heavy atom. The molecule has 3 heteroatoms. The molecule has 0 spiro atoms. The number of nitrogens with two attached hydrogens (primary N) is 1. The Hall–Kier alpha value is -1.09. The first-order valence-corrected chi connectivity index (χ1v) is 8.21. The summed E-state index contributed by atoms with van der Waals surface area (Å²) in [5.41, 5.74) is 7.00. The summed E-state index contributed by atoms with van der Waals surface area (Å²) in [5.74, 6) is 2.86. The van der Waals surface area contributed by atoms with Gasteiger partial charge in [-0.3, -0.25) is 0 Å². The largest absolute Gasteiger partial charge is 0.393 e. The van der Waals surface area contributed by atoms with Crippen molar-refractivity contribution in [3.8, 4) is 0 Å². The zero-order chi connectivity index (χ0) is 13.9. The molecule has 1 aromatic carbocycles. The van der Waals surface area contributed by atoms with Crippen LogP contribution in [0, 0.1) is 17.8 Å². The van der Waals surface area contributed by atoms with Gasteiger partial charge in [-0.15, -0.1) is 0 Å². The van der Waals surface area contributed by atoms with Crippen LogP contribution >= 0.6 is 12.2 Å². The van der Waals surface area contributed by atoms with E-state index in [1.807, 2.05) is 0 Å². The molecule has 2 saturated carbocycles. The maximum Gasteiger partial charge on any atom is 0.0745 e. The van der Waals surface area contributed by atoms with Crippen molar-refractivity contribution in [2.24, 2.45) is 23.5 Å². The Labute approximate surface area is 127 Å². The third-order valence-corrected chi connectivity index (χ3v) is 5.29. The minimum Gasteiger partial charge on any atom is -0.393 e. The van der Waals surface area contributed by atoms with Crippen LogP contribution < -0.4 is 10.6 Å². The highest BCUT2D eigenvalue weighted by atomic mass is 32.1. The molecule has 0 aromatic heterocycles. The van der Waals surface area contributed by atoms with Crippen LogP contribution in [-0.4, -0.2) is 18.1 Å². The van der Waals surface area contributed by atoms with Gasteiger partial charge in [-0.05, 0) is 49.1 Å². The lowest BCUT2D eigenvalue weighted by molar-refractivity contribution is 0.334. The van der Waals surface area contributed by atoms with Crippen molar-refractivity contribution in [2.45, 2.75) is 32.1 Å². The molecule has 2 N–H and O–H groups in total. The monoisotopic (exact) mass is 288 g/mol. The summed E-state index contributed by atoms with van der Waals surface area (Å²) in [7, 11) is 0. The molecule has 2 aliphatic carbocycles. The predicted octanol–water partition coefficient (Wildman–Crippen LogP) is 3.61. The van der Waals surface area contributed by atoms with Crippen LogP contribution in [0.4, 0.5) is 5.69 Å². The van der Waals surface area contributed by atoms with Crippen molar-refractivity contribution < 1.29 is 0 Å². The summed E-state index contributed by atoms with van der Waals surface area (Å²) < 4.78 is 0. The van der Waals surface area contributed by atoms with Gasteiger partial charge in [0.2, 0.25) is 0 Å². The second-order valence-corrected chi connectivity index (χ2v) is 6.96. The molecule has 3 atom stereocenters. The lowest BCUT2D eigenvalue weighted by atomic mass is 9.88. The number of anilines is 1. The number of benzene rings is 1. The molecular weight excluding hydrogens is 264 g/mol. The molecular formula is C17H24N2S. The average molecular weight is 288 g/mol. The maximum atomic E-state index is 5.69. The SMILES string of the molecule is NC(=S)CCN(CC1CC2CCC1C2)c1ccccc1. The smallest absolute Gasteiger partial charge is 0.0745 e. The third kappa shape index (κ3) is 3.14. The van der Waals surface area contributed by atoms with Crippen LogP contribution in [0.1, 0.15) is 32.1 Å². The zero-order valence-corrected chi connectivity index (χ0v) is 12.8. The summed E-state index contributed by atoms with van der Waals surface area (Å²) >= 11 is 5.05. The molecule has 3 unspecified atom stereocenters. The fourth-order valence-electron chi connectivity index (χ4n) is 4.09. The summed E-state index contributed by atoms with van der Waals surface area (Å²) in [6.07, 6.45) is 6.64. The molecule has 0 heterocycles. The summed E-state index contributed by atoms with van der Waals surface area (Å²) in [4.78, 5) is 3.11. The Bertz CT molecular complexity index is 459. The van der Waals surface area contributed by atoms with Crippen LogP contribution in [0.3, 0.4) is 0 Å². The van der Waals surface area contributed by atoms with Crippen molar-refractivity contribution in [1.29, 1.82) is 0 Å². The summed E-state index contributed by atoms with van der Waals surface area (Å²) in [6.45, 7) is 2.13.